The molecule has 0 saturated carbocycles. The highest BCUT2D eigenvalue weighted by molar-refractivity contribution is 7.15. The Morgan fingerprint density at radius 2 is 1.68 bits per heavy atom. The Morgan fingerprint density at radius 1 is 1.08 bits per heavy atom. The van der Waals surface area contributed by atoms with Crippen LogP contribution in [0.15, 0.2) is 60.7 Å². The first kappa shape index (κ1) is 17.4. The van der Waals surface area contributed by atoms with Gasteiger partial charge in [-0.3, -0.25) is 4.79 Å². The number of benzene rings is 2. The molecule has 1 heterocycles. The van der Waals surface area contributed by atoms with Gasteiger partial charge in [-0.1, -0.05) is 60.7 Å². The minimum atomic E-state index is -0.0216. The van der Waals surface area contributed by atoms with Crippen molar-refractivity contribution in [3.05, 3.63) is 76.9 Å². The molecule has 0 unspecified atom stereocenters. The van der Waals surface area contributed by atoms with Crippen LogP contribution >= 0.6 is 11.3 Å². The van der Waals surface area contributed by atoms with Crippen LogP contribution in [0, 0.1) is 6.92 Å². The van der Waals surface area contributed by atoms with Gasteiger partial charge in [-0.15, -0.1) is 11.3 Å². The van der Waals surface area contributed by atoms with Crippen molar-refractivity contribution < 1.29 is 4.79 Å². The maximum Gasteiger partial charge on any atom is 0.273 e. The molecule has 128 valence electrons. The highest BCUT2D eigenvalue weighted by atomic mass is 32.1. The van der Waals surface area contributed by atoms with Crippen LogP contribution in [0.5, 0.6) is 0 Å². The summed E-state index contributed by atoms with van der Waals surface area (Å²) < 4.78 is 0. The molecule has 0 saturated heterocycles. The Hall–Kier alpha value is -2.46. The molecular weight excluding hydrogens is 328 g/mol. The number of hydrogen-bond donors (Lipinski definition) is 0. The smallest absolute Gasteiger partial charge is 0.273 e. The fourth-order valence-electron chi connectivity index (χ4n) is 2.82. The first-order valence-corrected chi connectivity index (χ1v) is 9.22. The Morgan fingerprint density at radius 3 is 2.32 bits per heavy atom. The van der Waals surface area contributed by atoms with Crippen molar-refractivity contribution in [3.8, 4) is 10.4 Å². The molecule has 0 fully saturated rings. The number of aryl methyl sites for hydroxylation is 1. The van der Waals surface area contributed by atoms with E-state index < -0.39 is 0 Å². The third kappa shape index (κ3) is 3.97. The molecule has 3 rings (SSSR count). The van der Waals surface area contributed by atoms with Gasteiger partial charge in [0.1, 0.15) is 5.69 Å². The van der Waals surface area contributed by atoms with Gasteiger partial charge in [0.05, 0.1) is 9.88 Å². The van der Waals surface area contributed by atoms with Crippen LogP contribution in [0.25, 0.3) is 10.4 Å². The number of hydrogen-bond acceptors (Lipinski definition) is 3. The zero-order valence-corrected chi connectivity index (χ0v) is 15.6. The molecular formula is C21H22N2OS. The maximum absolute atomic E-state index is 13.1. The molecule has 3 nitrogen and oxygen atoms in total. The van der Waals surface area contributed by atoms with E-state index in [2.05, 4.69) is 24.0 Å². The van der Waals surface area contributed by atoms with Crippen molar-refractivity contribution in [1.29, 1.82) is 0 Å². The van der Waals surface area contributed by atoms with Gasteiger partial charge in [0, 0.05) is 13.1 Å². The lowest BCUT2D eigenvalue weighted by Crippen LogP contribution is -2.36. The number of likely N-dealkylation sites (N-methyl/N-ethyl adjacent to an activating group) is 1. The Balaban J connectivity index is 1.83. The number of thiazole rings is 1. The average molecular weight is 350 g/mol. The van der Waals surface area contributed by atoms with E-state index in [0.717, 1.165) is 21.9 Å². The van der Waals surface area contributed by atoms with E-state index in [0.29, 0.717) is 5.69 Å². The van der Waals surface area contributed by atoms with Gasteiger partial charge in [0.25, 0.3) is 5.91 Å². The van der Waals surface area contributed by atoms with Crippen molar-refractivity contribution in [3.63, 3.8) is 0 Å². The summed E-state index contributed by atoms with van der Waals surface area (Å²) in [6, 6.07) is 20.4. The molecule has 1 atom stereocenters. The van der Waals surface area contributed by atoms with Crippen molar-refractivity contribution in [2.75, 3.05) is 7.05 Å². The molecule has 1 aromatic heterocycles. The number of amides is 1. The summed E-state index contributed by atoms with van der Waals surface area (Å²) in [5.74, 6) is -0.0216. The second-order valence-electron chi connectivity index (χ2n) is 6.23. The molecule has 4 heteroatoms. The van der Waals surface area contributed by atoms with Crippen LogP contribution in [-0.4, -0.2) is 28.9 Å². The molecule has 25 heavy (non-hydrogen) atoms. The van der Waals surface area contributed by atoms with Crippen LogP contribution in [0.1, 0.15) is 28.0 Å². The SMILES string of the molecule is Cc1nc(C(=O)N(C)[C@H](C)Cc2ccccc2)c(-c2ccccc2)s1. The molecule has 3 aromatic rings. The zero-order chi connectivity index (χ0) is 17.8. The fraction of sp³-hybridized carbons (Fsp3) is 0.238. The standard InChI is InChI=1S/C21H22N2OS/c1-15(14-17-10-6-4-7-11-17)23(3)21(24)19-20(25-16(2)22-19)18-12-8-5-9-13-18/h4-13,15H,14H2,1-3H3/t15-/m1/s1. The average Bonchev–Trinajstić information content (AvgIpc) is 3.04. The number of aromatic nitrogens is 1. The van der Waals surface area contributed by atoms with E-state index in [1.807, 2.05) is 62.5 Å². The summed E-state index contributed by atoms with van der Waals surface area (Å²) in [7, 11) is 1.86. The summed E-state index contributed by atoms with van der Waals surface area (Å²) in [4.78, 5) is 20.3. The zero-order valence-electron chi connectivity index (χ0n) is 14.8. The lowest BCUT2D eigenvalue weighted by Gasteiger charge is -2.25. The van der Waals surface area contributed by atoms with Gasteiger partial charge in [-0.2, -0.15) is 0 Å². The normalized spacial score (nSPS) is 12.0. The molecule has 0 aliphatic heterocycles. The van der Waals surface area contributed by atoms with Gasteiger partial charge < -0.3 is 4.90 Å². The summed E-state index contributed by atoms with van der Waals surface area (Å²) >= 11 is 1.57. The maximum atomic E-state index is 13.1. The van der Waals surface area contributed by atoms with Crippen LogP contribution in [0.4, 0.5) is 0 Å². The summed E-state index contributed by atoms with van der Waals surface area (Å²) in [5.41, 5.74) is 2.82. The second-order valence-corrected chi connectivity index (χ2v) is 7.43. The van der Waals surface area contributed by atoms with E-state index in [1.54, 1.807) is 16.2 Å². The van der Waals surface area contributed by atoms with E-state index in [4.69, 9.17) is 0 Å². The lowest BCUT2D eigenvalue weighted by atomic mass is 10.1. The topological polar surface area (TPSA) is 33.2 Å². The minimum Gasteiger partial charge on any atom is -0.337 e. The van der Waals surface area contributed by atoms with Crippen LogP contribution in [0.2, 0.25) is 0 Å². The largest absolute Gasteiger partial charge is 0.337 e. The second kappa shape index (κ2) is 7.62. The number of rotatable bonds is 5. The summed E-state index contributed by atoms with van der Waals surface area (Å²) in [5, 5.41) is 0.909. The molecule has 0 bridgehead atoms. The highest BCUT2D eigenvalue weighted by Crippen LogP contribution is 2.31. The molecule has 1 amide bonds. The first-order valence-electron chi connectivity index (χ1n) is 8.40. The Labute approximate surface area is 153 Å². The van der Waals surface area contributed by atoms with Crippen LogP contribution in [0.3, 0.4) is 0 Å². The van der Waals surface area contributed by atoms with Gasteiger partial charge in [-0.25, -0.2) is 4.98 Å². The fourth-order valence-corrected chi connectivity index (χ4v) is 3.73. The number of carbonyl (C=O) groups is 1. The van der Waals surface area contributed by atoms with Gasteiger partial charge in [-0.05, 0) is 31.4 Å². The van der Waals surface area contributed by atoms with Gasteiger partial charge >= 0.3 is 0 Å². The Bertz CT molecular complexity index is 843. The molecule has 0 spiro atoms. The predicted octanol–water partition coefficient (Wildman–Crippen LogP) is 4.82. The van der Waals surface area contributed by atoms with Crippen molar-refractivity contribution >= 4 is 17.2 Å². The van der Waals surface area contributed by atoms with E-state index in [9.17, 15) is 4.79 Å². The van der Waals surface area contributed by atoms with Crippen LogP contribution in [-0.2, 0) is 6.42 Å². The third-order valence-electron chi connectivity index (χ3n) is 4.33. The predicted molar refractivity (Wildman–Crippen MR) is 104 cm³/mol. The van der Waals surface area contributed by atoms with Crippen LogP contribution < -0.4 is 0 Å². The first-order chi connectivity index (χ1) is 12.1. The monoisotopic (exact) mass is 350 g/mol. The molecule has 2 aromatic carbocycles. The number of carbonyl (C=O) groups excluding carboxylic acids is 1. The minimum absolute atomic E-state index is 0.0216. The van der Waals surface area contributed by atoms with Gasteiger partial charge in [0.2, 0.25) is 0 Å². The molecule has 0 N–H and O–H groups in total. The van der Waals surface area contributed by atoms with Crippen molar-refractivity contribution in [1.82, 2.24) is 9.88 Å². The summed E-state index contributed by atoms with van der Waals surface area (Å²) in [6.45, 7) is 4.02. The molecule has 0 aliphatic carbocycles. The van der Waals surface area contributed by atoms with E-state index in [1.165, 1.54) is 5.56 Å². The van der Waals surface area contributed by atoms with Crippen molar-refractivity contribution in [2.24, 2.45) is 0 Å². The van der Waals surface area contributed by atoms with E-state index in [-0.39, 0.29) is 11.9 Å². The Kier molecular flexibility index (Phi) is 5.29. The highest BCUT2D eigenvalue weighted by Gasteiger charge is 2.24. The number of nitrogens with zero attached hydrogens (tertiary/aromatic N) is 2. The lowest BCUT2D eigenvalue weighted by molar-refractivity contribution is 0.0739. The van der Waals surface area contributed by atoms with E-state index >= 15 is 0 Å². The summed E-state index contributed by atoms with van der Waals surface area (Å²) in [6.07, 6.45) is 0.826. The van der Waals surface area contributed by atoms with Gasteiger partial charge in [0.15, 0.2) is 0 Å². The molecule has 0 aliphatic rings. The molecule has 0 radical (unpaired) electrons. The third-order valence-corrected chi connectivity index (χ3v) is 5.35. The quantitative estimate of drug-likeness (QED) is 0.661. The van der Waals surface area contributed by atoms with Crippen molar-refractivity contribution in [2.45, 2.75) is 26.3 Å².